The van der Waals surface area contributed by atoms with Gasteiger partial charge in [0.1, 0.15) is 5.82 Å². The van der Waals surface area contributed by atoms with Crippen molar-refractivity contribution < 1.29 is 8.91 Å². The van der Waals surface area contributed by atoms with Gasteiger partial charge in [-0.15, -0.1) is 0 Å². The molecule has 0 saturated heterocycles. The molecule has 0 radical (unpaired) electrons. The summed E-state index contributed by atoms with van der Waals surface area (Å²) < 4.78 is 18.9. The second-order valence-corrected chi connectivity index (χ2v) is 5.97. The fourth-order valence-electron chi connectivity index (χ4n) is 2.46. The Kier molecular flexibility index (Phi) is 3.76. The monoisotopic (exact) mass is 289 g/mol. The molecule has 3 rings (SSSR count). The van der Waals surface area contributed by atoms with Crippen molar-refractivity contribution in [1.29, 1.82) is 0 Å². The van der Waals surface area contributed by atoms with E-state index in [1.807, 2.05) is 6.07 Å². The zero-order valence-corrected chi connectivity index (χ0v) is 12.6. The molecule has 112 valence electrons. The minimum absolute atomic E-state index is 0.252. The molecule has 1 aliphatic rings. The van der Waals surface area contributed by atoms with E-state index in [2.05, 4.69) is 29.0 Å². The van der Waals surface area contributed by atoms with E-state index in [0.717, 1.165) is 5.92 Å². The van der Waals surface area contributed by atoms with Crippen molar-refractivity contribution in [2.24, 2.45) is 5.92 Å². The maximum Gasteiger partial charge on any atom is 0.241 e. The number of aromatic nitrogens is 2. The van der Waals surface area contributed by atoms with E-state index < -0.39 is 0 Å². The Bertz CT molecular complexity index is 636. The van der Waals surface area contributed by atoms with Crippen LogP contribution < -0.4 is 0 Å². The fraction of sp³-hybridized carbons (Fsp3) is 0.500. The summed E-state index contributed by atoms with van der Waals surface area (Å²) in [5.74, 6) is 1.55. The Labute approximate surface area is 124 Å². The Morgan fingerprint density at radius 1 is 1.43 bits per heavy atom. The number of rotatable bonds is 5. The molecule has 0 bridgehead atoms. The van der Waals surface area contributed by atoms with E-state index in [9.17, 15) is 4.39 Å². The van der Waals surface area contributed by atoms with E-state index in [4.69, 9.17) is 4.52 Å². The van der Waals surface area contributed by atoms with Gasteiger partial charge in [-0.2, -0.15) is 4.98 Å². The average molecular weight is 289 g/mol. The van der Waals surface area contributed by atoms with Gasteiger partial charge in [0.2, 0.25) is 11.7 Å². The van der Waals surface area contributed by atoms with Gasteiger partial charge in [-0.1, -0.05) is 17.3 Å². The van der Waals surface area contributed by atoms with Crippen LogP contribution in [0.3, 0.4) is 0 Å². The van der Waals surface area contributed by atoms with Crippen molar-refractivity contribution in [2.75, 3.05) is 7.05 Å². The van der Waals surface area contributed by atoms with E-state index >= 15 is 0 Å². The van der Waals surface area contributed by atoms with Gasteiger partial charge < -0.3 is 4.52 Å². The zero-order chi connectivity index (χ0) is 15.0. The number of hydrogen-bond acceptors (Lipinski definition) is 4. The Balaban J connectivity index is 1.71. The summed E-state index contributed by atoms with van der Waals surface area (Å²) in [6, 6.07) is 5.50. The third-order valence-electron chi connectivity index (χ3n) is 4.28. The molecule has 5 heteroatoms. The van der Waals surface area contributed by atoms with Crippen molar-refractivity contribution >= 4 is 0 Å². The van der Waals surface area contributed by atoms with Gasteiger partial charge in [0.25, 0.3) is 0 Å². The summed E-state index contributed by atoms with van der Waals surface area (Å²) in [6.45, 7) is 4.58. The first-order valence-corrected chi connectivity index (χ1v) is 7.34. The Morgan fingerprint density at radius 2 is 2.19 bits per heavy atom. The van der Waals surface area contributed by atoms with Gasteiger partial charge in [0.15, 0.2) is 0 Å². The number of hydrogen-bond donors (Lipinski definition) is 0. The molecule has 1 aliphatic carbocycles. The second kappa shape index (κ2) is 5.56. The highest BCUT2D eigenvalue weighted by Gasteiger charge is 2.31. The molecule has 0 N–H and O–H groups in total. The number of halogens is 1. The minimum atomic E-state index is -0.252. The van der Waals surface area contributed by atoms with Crippen LogP contribution >= 0.6 is 0 Å². The maximum atomic E-state index is 13.6. The summed E-state index contributed by atoms with van der Waals surface area (Å²) in [7, 11) is 2.07. The highest BCUT2D eigenvalue weighted by atomic mass is 19.1. The van der Waals surface area contributed by atoms with Crippen molar-refractivity contribution in [3.63, 3.8) is 0 Å². The third kappa shape index (κ3) is 3.13. The summed E-state index contributed by atoms with van der Waals surface area (Å²) >= 11 is 0. The normalized spacial score (nSPS) is 16.4. The van der Waals surface area contributed by atoms with Gasteiger partial charge in [-0.05, 0) is 51.3 Å². The first-order valence-electron chi connectivity index (χ1n) is 7.34. The zero-order valence-electron chi connectivity index (χ0n) is 12.6. The van der Waals surface area contributed by atoms with Crippen LogP contribution in [-0.4, -0.2) is 28.1 Å². The molecule has 0 amide bonds. The van der Waals surface area contributed by atoms with Crippen molar-refractivity contribution in [3.05, 3.63) is 35.5 Å². The lowest BCUT2D eigenvalue weighted by atomic mass is 10.1. The van der Waals surface area contributed by atoms with Crippen LogP contribution in [0.4, 0.5) is 4.39 Å². The number of nitrogens with zero attached hydrogens (tertiary/aromatic N) is 3. The molecule has 1 aromatic heterocycles. The fourth-order valence-corrected chi connectivity index (χ4v) is 2.46. The van der Waals surface area contributed by atoms with Crippen LogP contribution in [0.1, 0.15) is 31.2 Å². The lowest BCUT2D eigenvalue weighted by Crippen LogP contribution is -2.30. The quantitative estimate of drug-likeness (QED) is 0.846. The van der Waals surface area contributed by atoms with Crippen LogP contribution in [0.25, 0.3) is 11.4 Å². The summed E-state index contributed by atoms with van der Waals surface area (Å²) in [6.07, 6.45) is 2.62. The number of aryl methyl sites for hydroxylation is 1. The van der Waals surface area contributed by atoms with Crippen LogP contribution in [0.2, 0.25) is 0 Å². The number of benzene rings is 1. The molecule has 1 heterocycles. The topological polar surface area (TPSA) is 42.2 Å². The molecule has 0 spiro atoms. The molecule has 1 unspecified atom stereocenters. The van der Waals surface area contributed by atoms with E-state index in [1.54, 1.807) is 13.0 Å². The largest absolute Gasteiger partial charge is 0.338 e. The molecule has 1 fully saturated rings. The molecular weight excluding hydrogens is 269 g/mol. The van der Waals surface area contributed by atoms with Gasteiger partial charge >= 0.3 is 0 Å². The molecule has 21 heavy (non-hydrogen) atoms. The van der Waals surface area contributed by atoms with Crippen LogP contribution in [-0.2, 0) is 6.54 Å². The second-order valence-electron chi connectivity index (χ2n) is 5.97. The van der Waals surface area contributed by atoms with Crippen molar-refractivity contribution in [2.45, 2.75) is 39.3 Å². The first kappa shape index (κ1) is 14.2. The lowest BCUT2D eigenvalue weighted by molar-refractivity contribution is 0.197. The minimum Gasteiger partial charge on any atom is -0.338 e. The van der Waals surface area contributed by atoms with Crippen molar-refractivity contribution in [1.82, 2.24) is 15.0 Å². The predicted molar refractivity (Wildman–Crippen MR) is 78.1 cm³/mol. The van der Waals surface area contributed by atoms with E-state index in [1.165, 1.54) is 18.9 Å². The smallest absolute Gasteiger partial charge is 0.241 e. The summed E-state index contributed by atoms with van der Waals surface area (Å²) in [5, 5.41) is 3.95. The molecule has 1 saturated carbocycles. The third-order valence-corrected chi connectivity index (χ3v) is 4.28. The van der Waals surface area contributed by atoms with E-state index in [0.29, 0.717) is 35.4 Å². The van der Waals surface area contributed by atoms with Gasteiger partial charge in [-0.25, -0.2) is 4.39 Å². The highest BCUT2D eigenvalue weighted by Crippen LogP contribution is 2.35. The maximum absolute atomic E-state index is 13.6. The molecule has 2 aromatic rings. The molecule has 0 aliphatic heterocycles. The van der Waals surface area contributed by atoms with Gasteiger partial charge in [0, 0.05) is 11.6 Å². The average Bonchev–Trinajstić information content (AvgIpc) is 3.21. The molecule has 4 nitrogen and oxygen atoms in total. The Morgan fingerprint density at radius 3 is 2.86 bits per heavy atom. The highest BCUT2D eigenvalue weighted by molar-refractivity contribution is 5.54. The summed E-state index contributed by atoms with van der Waals surface area (Å²) in [4.78, 5) is 6.59. The van der Waals surface area contributed by atoms with E-state index in [-0.39, 0.29) is 5.82 Å². The predicted octanol–water partition coefficient (Wildman–Crippen LogP) is 3.41. The first-order chi connectivity index (χ1) is 10.0. The Hall–Kier alpha value is -1.75. The van der Waals surface area contributed by atoms with Crippen LogP contribution in [0, 0.1) is 18.7 Å². The van der Waals surface area contributed by atoms with Gasteiger partial charge in [0.05, 0.1) is 6.54 Å². The van der Waals surface area contributed by atoms with Crippen LogP contribution in [0.15, 0.2) is 22.7 Å². The van der Waals surface area contributed by atoms with Gasteiger partial charge in [-0.3, -0.25) is 4.90 Å². The lowest BCUT2D eigenvalue weighted by Gasteiger charge is -2.22. The SMILES string of the molecule is Cc1ccc(-c2noc(CN(C)C(C)C3CC3)n2)cc1F. The van der Waals surface area contributed by atoms with Crippen molar-refractivity contribution in [3.8, 4) is 11.4 Å². The molecule has 1 aromatic carbocycles. The molecule has 1 atom stereocenters. The molecular formula is C16H20FN3O. The van der Waals surface area contributed by atoms with Crippen LogP contribution in [0.5, 0.6) is 0 Å². The summed E-state index contributed by atoms with van der Waals surface area (Å²) in [5.41, 5.74) is 1.26. The standard InChI is InChI=1S/C16H20FN3O/c1-10-4-5-13(8-14(10)17)16-18-15(21-19-16)9-20(3)11(2)12-6-7-12/h4-5,8,11-12H,6-7,9H2,1-3H3.